The molecule has 9 heteroatoms. The number of aromatic nitrogens is 3. The minimum Gasteiger partial charge on any atom is -0.544 e. The van der Waals surface area contributed by atoms with Crippen LogP contribution in [0.5, 0.6) is 0 Å². The zero-order chi connectivity index (χ0) is 25.4. The monoisotopic (exact) mass is 524 g/mol. The van der Waals surface area contributed by atoms with Gasteiger partial charge < -0.3 is 14.8 Å². The molecule has 0 radical (unpaired) electrons. The Morgan fingerprint density at radius 3 is 2.38 bits per heavy atom. The number of thiophene rings is 1. The first-order valence-electron chi connectivity index (χ1n) is 12.4. The van der Waals surface area contributed by atoms with Crippen molar-refractivity contribution in [3.8, 4) is 21.7 Å². The quantitative estimate of drug-likeness (QED) is 0.360. The standard InChI is InChI=1S/C28H30N4O3S.Na/c1-17(2)32(27(33)21-7-5-18(3)6-8-21)23-16-24(36-26(23)28(34)35)20-11-9-19(10-12-20)22-15-25-29-13-4-14-31(25)30-22;/h4,9-18,21H,5-8H2,1-3H3,(H,34,35);/q;+1/p-1/t18-,21-;. The molecule has 0 spiro atoms. The van der Waals surface area contributed by atoms with E-state index in [-0.39, 0.29) is 52.3 Å². The topological polar surface area (TPSA) is 90.6 Å². The summed E-state index contributed by atoms with van der Waals surface area (Å²) in [6.45, 7) is 6.08. The SMILES string of the molecule is CC(C)N(c1cc(-c2ccc(-c3cc4ncccn4n3)cc2)sc1C(=O)[O-])C(=O)[C@H]1CC[C@H](C)CC1.[Na+]. The zero-order valence-corrected chi connectivity index (χ0v) is 24.5. The van der Waals surface area contributed by atoms with Gasteiger partial charge in [-0.05, 0) is 63.1 Å². The van der Waals surface area contributed by atoms with Crippen molar-refractivity contribution in [1.82, 2.24) is 14.6 Å². The van der Waals surface area contributed by atoms with Gasteiger partial charge in [0.25, 0.3) is 0 Å². The number of carbonyl (C=O) groups is 2. The van der Waals surface area contributed by atoms with Crippen molar-refractivity contribution < 1.29 is 44.3 Å². The van der Waals surface area contributed by atoms with Crippen LogP contribution < -0.4 is 39.6 Å². The molecule has 5 rings (SSSR count). The van der Waals surface area contributed by atoms with E-state index in [0.29, 0.717) is 11.6 Å². The van der Waals surface area contributed by atoms with Gasteiger partial charge in [-0.25, -0.2) is 9.50 Å². The number of carbonyl (C=O) groups excluding carboxylic acids is 2. The summed E-state index contributed by atoms with van der Waals surface area (Å²) in [7, 11) is 0. The number of carboxylic acid groups (broad SMARTS) is 1. The van der Waals surface area contributed by atoms with E-state index in [1.54, 1.807) is 15.6 Å². The van der Waals surface area contributed by atoms with Crippen LogP contribution in [0, 0.1) is 11.8 Å². The van der Waals surface area contributed by atoms with E-state index in [0.717, 1.165) is 64.4 Å². The number of nitrogens with zero attached hydrogens (tertiary/aromatic N) is 4. The van der Waals surface area contributed by atoms with Gasteiger partial charge in [0.1, 0.15) is 0 Å². The van der Waals surface area contributed by atoms with Crippen LogP contribution in [0.1, 0.15) is 56.1 Å². The summed E-state index contributed by atoms with van der Waals surface area (Å²) >= 11 is 1.15. The molecule has 0 saturated heterocycles. The van der Waals surface area contributed by atoms with Crippen molar-refractivity contribution in [2.24, 2.45) is 11.8 Å². The van der Waals surface area contributed by atoms with Gasteiger partial charge in [-0.15, -0.1) is 11.3 Å². The fourth-order valence-corrected chi connectivity index (χ4v) is 5.97. The van der Waals surface area contributed by atoms with Crippen molar-refractivity contribution in [3.63, 3.8) is 0 Å². The molecule has 1 aromatic carbocycles. The number of rotatable bonds is 6. The second-order valence-electron chi connectivity index (χ2n) is 9.90. The predicted molar refractivity (Wildman–Crippen MR) is 140 cm³/mol. The molecular weight excluding hydrogens is 495 g/mol. The smallest absolute Gasteiger partial charge is 0.544 e. The minimum absolute atomic E-state index is 0. The van der Waals surface area contributed by atoms with Gasteiger partial charge >= 0.3 is 29.6 Å². The van der Waals surface area contributed by atoms with Crippen molar-refractivity contribution in [2.45, 2.75) is 52.5 Å². The molecule has 186 valence electrons. The first-order valence-corrected chi connectivity index (χ1v) is 13.2. The summed E-state index contributed by atoms with van der Waals surface area (Å²) in [6.07, 6.45) is 7.33. The van der Waals surface area contributed by atoms with Crippen molar-refractivity contribution in [2.75, 3.05) is 4.90 Å². The van der Waals surface area contributed by atoms with Crippen LogP contribution >= 0.6 is 11.3 Å². The van der Waals surface area contributed by atoms with Gasteiger partial charge in [0.2, 0.25) is 5.91 Å². The van der Waals surface area contributed by atoms with E-state index in [1.165, 1.54) is 0 Å². The molecule has 1 saturated carbocycles. The maximum atomic E-state index is 13.5. The number of carboxylic acids is 1. The van der Waals surface area contributed by atoms with Crippen LogP contribution in [0.15, 0.2) is 54.9 Å². The molecule has 4 aromatic rings. The Balaban J connectivity index is 0.00000320. The minimum atomic E-state index is -1.26. The third kappa shape index (κ3) is 5.67. The first-order chi connectivity index (χ1) is 17.3. The van der Waals surface area contributed by atoms with Gasteiger partial charge in [-0.3, -0.25) is 4.79 Å². The number of amides is 1. The Labute approximate surface area is 242 Å². The number of hydrogen-bond acceptors (Lipinski definition) is 6. The van der Waals surface area contributed by atoms with Gasteiger partial charge in [0, 0.05) is 40.9 Å². The summed E-state index contributed by atoms with van der Waals surface area (Å²) in [5.41, 5.74) is 3.82. The molecule has 3 heterocycles. The fourth-order valence-electron chi connectivity index (χ4n) is 4.98. The van der Waals surface area contributed by atoms with Crippen LogP contribution in [0.25, 0.3) is 27.3 Å². The zero-order valence-electron chi connectivity index (χ0n) is 21.7. The molecule has 0 bridgehead atoms. The van der Waals surface area contributed by atoms with E-state index in [4.69, 9.17) is 0 Å². The van der Waals surface area contributed by atoms with Crippen molar-refractivity contribution in [1.29, 1.82) is 0 Å². The number of hydrogen-bond donors (Lipinski definition) is 0. The average molecular weight is 525 g/mol. The fraction of sp³-hybridized carbons (Fsp3) is 0.357. The Kier molecular flexibility index (Phi) is 8.53. The van der Waals surface area contributed by atoms with Crippen molar-refractivity contribution >= 4 is 34.5 Å². The van der Waals surface area contributed by atoms with E-state index >= 15 is 0 Å². The van der Waals surface area contributed by atoms with Crippen LogP contribution in [-0.4, -0.2) is 32.5 Å². The largest absolute Gasteiger partial charge is 1.00 e. The van der Waals surface area contributed by atoms with E-state index in [1.807, 2.05) is 62.5 Å². The predicted octanol–water partition coefficient (Wildman–Crippen LogP) is 2.06. The molecule has 1 fully saturated rings. The molecule has 37 heavy (non-hydrogen) atoms. The second-order valence-corrected chi connectivity index (χ2v) is 11.0. The average Bonchev–Trinajstić information content (AvgIpc) is 3.49. The molecule has 3 aromatic heterocycles. The maximum absolute atomic E-state index is 13.5. The van der Waals surface area contributed by atoms with Gasteiger partial charge in [0.15, 0.2) is 5.65 Å². The third-order valence-electron chi connectivity index (χ3n) is 6.98. The summed E-state index contributed by atoms with van der Waals surface area (Å²) in [5, 5.41) is 16.7. The van der Waals surface area contributed by atoms with Crippen LogP contribution in [0.4, 0.5) is 5.69 Å². The Hall–Kier alpha value is -2.52. The van der Waals surface area contributed by atoms with Gasteiger partial charge in [-0.1, -0.05) is 31.2 Å². The third-order valence-corrected chi connectivity index (χ3v) is 8.13. The normalized spacial score (nSPS) is 17.5. The molecule has 0 N–H and O–H groups in total. The molecule has 0 atom stereocenters. The van der Waals surface area contributed by atoms with Crippen LogP contribution in [-0.2, 0) is 4.79 Å². The summed E-state index contributed by atoms with van der Waals surface area (Å²) < 4.78 is 1.73. The molecular formula is C28H29N4NaO3S. The second kappa shape index (κ2) is 11.5. The molecule has 7 nitrogen and oxygen atoms in total. The first kappa shape index (κ1) is 27.5. The molecule has 1 aliphatic carbocycles. The van der Waals surface area contributed by atoms with Crippen LogP contribution in [0.2, 0.25) is 0 Å². The molecule has 1 aliphatic rings. The summed E-state index contributed by atoms with van der Waals surface area (Å²) in [6, 6.07) is 13.2. The Bertz CT molecular complexity index is 1370. The summed E-state index contributed by atoms with van der Waals surface area (Å²) in [4.78, 5) is 32.5. The molecule has 0 unspecified atom stereocenters. The number of anilines is 1. The van der Waals surface area contributed by atoms with Crippen LogP contribution in [0.3, 0.4) is 0 Å². The Morgan fingerprint density at radius 1 is 1.08 bits per heavy atom. The van der Waals surface area contributed by atoms with E-state index < -0.39 is 5.97 Å². The number of fused-ring (bicyclic) bond motifs is 1. The van der Waals surface area contributed by atoms with E-state index in [2.05, 4.69) is 17.0 Å². The van der Waals surface area contributed by atoms with Crippen molar-refractivity contribution in [3.05, 3.63) is 59.7 Å². The number of benzene rings is 1. The molecule has 1 amide bonds. The number of aromatic carboxylic acids is 1. The molecule has 0 aliphatic heterocycles. The summed E-state index contributed by atoms with van der Waals surface area (Å²) in [5.74, 6) is -0.682. The van der Waals surface area contributed by atoms with E-state index in [9.17, 15) is 14.7 Å². The van der Waals surface area contributed by atoms with Gasteiger partial charge in [-0.2, -0.15) is 5.10 Å². The Morgan fingerprint density at radius 2 is 1.76 bits per heavy atom. The van der Waals surface area contributed by atoms with Gasteiger partial charge in [0.05, 0.1) is 22.2 Å². The maximum Gasteiger partial charge on any atom is 1.00 e.